The van der Waals surface area contributed by atoms with Crippen molar-refractivity contribution in [2.45, 2.75) is 19.4 Å². The van der Waals surface area contributed by atoms with Crippen molar-refractivity contribution in [3.63, 3.8) is 0 Å². The lowest BCUT2D eigenvalue weighted by atomic mass is 10.1. The van der Waals surface area contributed by atoms with E-state index in [2.05, 4.69) is 19.2 Å². The smallest absolute Gasteiger partial charge is 0.0220 e. The summed E-state index contributed by atoms with van der Waals surface area (Å²) in [5.74, 6) is 0.767. The molecule has 1 nitrogen and oxygen atoms in total. The van der Waals surface area contributed by atoms with Gasteiger partial charge in [0, 0.05) is 11.3 Å². The third-order valence-corrected chi connectivity index (χ3v) is 1.76. The SMILES string of the molecule is CNC(C)(C)C[S]. The number of hydrogen-bond donors (Lipinski definition) is 1. The molecule has 0 aliphatic heterocycles. The summed E-state index contributed by atoms with van der Waals surface area (Å²) >= 11 is 4.82. The second kappa shape index (κ2) is 2.58. The van der Waals surface area contributed by atoms with Crippen molar-refractivity contribution in [3.8, 4) is 0 Å². The minimum Gasteiger partial charge on any atom is -0.314 e. The summed E-state index contributed by atoms with van der Waals surface area (Å²) < 4.78 is 0. The van der Waals surface area contributed by atoms with Gasteiger partial charge < -0.3 is 5.32 Å². The van der Waals surface area contributed by atoms with E-state index in [1.54, 1.807) is 0 Å². The van der Waals surface area contributed by atoms with E-state index in [0.717, 1.165) is 5.75 Å². The lowest BCUT2D eigenvalue weighted by Gasteiger charge is -2.19. The van der Waals surface area contributed by atoms with Crippen LogP contribution in [0.3, 0.4) is 0 Å². The fourth-order valence-corrected chi connectivity index (χ4v) is 0.217. The van der Waals surface area contributed by atoms with E-state index < -0.39 is 0 Å². The van der Waals surface area contributed by atoms with Gasteiger partial charge in [-0.05, 0) is 20.9 Å². The van der Waals surface area contributed by atoms with Gasteiger partial charge in [-0.2, -0.15) is 0 Å². The monoisotopic (exact) mass is 118 g/mol. The van der Waals surface area contributed by atoms with Crippen LogP contribution in [0.5, 0.6) is 0 Å². The van der Waals surface area contributed by atoms with Gasteiger partial charge in [-0.1, -0.05) is 12.6 Å². The van der Waals surface area contributed by atoms with Crippen LogP contribution in [0.4, 0.5) is 0 Å². The van der Waals surface area contributed by atoms with E-state index in [1.165, 1.54) is 0 Å². The molecule has 0 aliphatic carbocycles. The summed E-state index contributed by atoms with van der Waals surface area (Å²) in [6, 6.07) is 0. The maximum absolute atomic E-state index is 4.82. The number of nitrogens with one attached hydrogen (secondary N) is 1. The van der Waals surface area contributed by atoms with Crippen molar-refractivity contribution in [2.24, 2.45) is 0 Å². The maximum Gasteiger partial charge on any atom is 0.0220 e. The molecule has 0 aromatic rings. The van der Waals surface area contributed by atoms with Crippen molar-refractivity contribution in [1.82, 2.24) is 5.32 Å². The molecule has 0 amide bonds. The van der Waals surface area contributed by atoms with Crippen molar-refractivity contribution < 1.29 is 0 Å². The van der Waals surface area contributed by atoms with Crippen LogP contribution in [-0.4, -0.2) is 18.3 Å². The first-order valence-corrected chi connectivity index (χ1v) is 2.97. The molecule has 0 heterocycles. The Morgan fingerprint density at radius 2 is 2.00 bits per heavy atom. The summed E-state index contributed by atoms with van der Waals surface area (Å²) in [4.78, 5) is 0. The number of hydrogen-bond acceptors (Lipinski definition) is 1. The molecule has 1 radical (unpaired) electrons. The largest absolute Gasteiger partial charge is 0.314 e. The average Bonchev–Trinajstić information content (AvgIpc) is 1.68. The Labute approximate surface area is 50.9 Å². The Hall–Kier alpha value is 0.310. The summed E-state index contributed by atoms with van der Waals surface area (Å²) in [7, 11) is 1.92. The van der Waals surface area contributed by atoms with Crippen molar-refractivity contribution in [2.75, 3.05) is 12.8 Å². The van der Waals surface area contributed by atoms with Crippen molar-refractivity contribution in [1.29, 1.82) is 0 Å². The molecule has 7 heavy (non-hydrogen) atoms. The van der Waals surface area contributed by atoms with Crippen LogP contribution < -0.4 is 5.32 Å². The van der Waals surface area contributed by atoms with Crippen LogP contribution in [0.1, 0.15) is 13.8 Å². The highest BCUT2D eigenvalue weighted by molar-refractivity contribution is 7.80. The van der Waals surface area contributed by atoms with Gasteiger partial charge in [-0.3, -0.25) is 0 Å². The standard InChI is InChI=1S/C5H12NS/c1-5(2,4-7)6-3/h6H,4H2,1-3H3. The van der Waals surface area contributed by atoms with E-state index in [9.17, 15) is 0 Å². The first-order valence-electron chi connectivity index (χ1n) is 2.39. The first kappa shape index (κ1) is 7.31. The molecule has 0 bridgehead atoms. The van der Waals surface area contributed by atoms with E-state index >= 15 is 0 Å². The zero-order chi connectivity index (χ0) is 5.91. The van der Waals surface area contributed by atoms with Gasteiger partial charge in [0.15, 0.2) is 0 Å². The second-order valence-electron chi connectivity index (χ2n) is 2.28. The molecular weight excluding hydrogens is 106 g/mol. The lowest BCUT2D eigenvalue weighted by molar-refractivity contribution is 0.479. The molecule has 0 saturated heterocycles. The molecule has 1 N–H and O–H groups in total. The van der Waals surface area contributed by atoms with E-state index in [-0.39, 0.29) is 5.54 Å². The van der Waals surface area contributed by atoms with Crippen LogP contribution in [-0.2, 0) is 0 Å². The fraction of sp³-hybridized carbons (Fsp3) is 1.00. The Morgan fingerprint density at radius 1 is 1.57 bits per heavy atom. The van der Waals surface area contributed by atoms with E-state index in [0.29, 0.717) is 0 Å². The highest BCUT2D eigenvalue weighted by Gasteiger charge is 2.10. The van der Waals surface area contributed by atoms with Gasteiger partial charge in [-0.15, -0.1) is 0 Å². The predicted octanol–water partition coefficient (Wildman–Crippen LogP) is 1.18. The average molecular weight is 118 g/mol. The highest BCUT2D eigenvalue weighted by atomic mass is 32.1. The molecule has 0 atom stereocenters. The Bertz CT molecular complexity index is 46.0. The van der Waals surface area contributed by atoms with E-state index in [1.807, 2.05) is 7.05 Å². The Morgan fingerprint density at radius 3 is 2.00 bits per heavy atom. The predicted molar refractivity (Wildman–Crippen MR) is 35.6 cm³/mol. The minimum absolute atomic E-state index is 0.148. The third-order valence-electron chi connectivity index (χ3n) is 1.04. The quantitative estimate of drug-likeness (QED) is 0.574. The van der Waals surface area contributed by atoms with Crippen LogP contribution in [0.15, 0.2) is 0 Å². The fourth-order valence-electron chi connectivity index (χ4n) is 0.0722. The van der Waals surface area contributed by atoms with Crippen LogP contribution >= 0.6 is 12.6 Å². The summed E-state index contributed by atoms with van der Waals surface area (Å²) in [6.45, 7) is 4.17. The summed E-state index contributed by atoms with van der Waals surface area (Å²) in [5.41, 5.74) is 0.148. The van der Waals surface area contributed by atoms with Crippen molar-refractivity contribution in [3.05, 3.63) is 0 Å². The zero-order valence-corrected chi connectivity index (χ0v) is 5.93. The van der Waals surface area contributed by atoms with Crippen LogP contribution in [0, 0.1) is 0 Å². The van der Waals surface area contributed by atoms with Crippen LogP contribution in [0.2, 0.25) is 0 Å². The summed E-state index contributed by atoms with van der Waals surface area (Å²) in [5, 5.41) is 3.09. The molecule has 0 fully saturated rings. The summed E-state index contributed by atoms with van der Waals surface area (Å²) in [6.07, 6.45) is 0. The van der Waals surface area contributed by atoms with Gasteiger partial charge in [0.05, 0.1) is 0 Å². The van der Waals surface area contributed by atoms with Crippen LogP contribution in [0.25, 0.3) is 0 Å². The van der Waals surface area contributed by atoms with Gasteiger partial charge in [-0.25, -0.2) is 0 Å². The van der Waals surface area contributed by atoms with Gasteiger partial charge in [0.1, 0.15) is 0 Å². The maximum atomic E-state index is 4.82. The topological polar surface area (TPSA) is 12.0 Å². The van der Waals surface area contributed by atoms with Gasteiger partial charge in [0.25, 0.3) is 0 Å². The molecule has 0 aromatic carbocycles. The molecule has 0 aliphatic rings. The third kappa shape index (κ3) is 2.94. The molecule has 0 unspecified atom stereocenters. The Balaban J connectivity index is 3.36. The molecule has 0 saturated carbocycles. The molecule has 0 aromatic heterocycles. The minimum atomic E-state index is 0.148. The zero-order valence-electron chi connectivity index (χ0n) is 5.12. The molecule has 0 rings (SSSR count). The van der Waals surface area contributed by atoms with Gasteiger partial charge in [0.2, 0.25) is 0 Å². The normalized spacial score (nSPS) is 12.0. The second-order valence-corrected chi connectivity index (χ2v) is 2.57. The molecular formula is C5H12NS. The molecule has 0 spiro atoms. The first-order chi connectivity index (χ1) is 3.12. The lowest BCUT2D eigenvalue weighted by Crippen LogP contribution is -2.37. The Kier molecular flexibility index (Phi) is 2.69. The molecule has 2 heteroatoms. The van der Waals surface area contributed by atoms with Gasteiger partial charge >= 0.3 is 0 Å². The molecule has 43 valence electrons. The number of rotatable bonds is 2. The highest BCUT2D eigenvalue weighted by Crippen LogP contribution is 2.00. The van der Waals surface area contributed by atoms with Crippen molar-refractivity contribution >= 4 is 12.6 Å². The van der Waals surface area contributed by atoms with E-state index in [4.69, 9.17) is 12.6 Å².